The van der Waals surface area contributed by atoms with Crippen LogP contribution in [0.1, 0.15) is 25.7 Å². The Bertz CT molecular complexity index is 461. The number of carbonyl (C=O) groups is 1. The number of halogens is 2. The zero-order valence-corrected chi connectivity index (χ0v) is 11.3. The number of hydrazine groups is 1. The molecule has 1 aliphatic carbocycles. The Hall–Kier alpha value is -1.14. The molecule has 1 saturated carbocycles. The molecule has 1 aromatic carbocycles. The molecule has 1 aliphatic rings. The molecular weight excluding hydrogens is 303 g/mol. The highest BCUT2D eigenvalue weighted by Gasteiger charge is 2.38. The molecule has 0 unspecified atom stereocenters. The van der Waals surface area contributed by atoms with E-state index in [9.17, 15) is 14.3 Å². The molecule has 0 spiro atoms. The van der Waals surface area contributed by atoms with E-state index in [1.165, 1.54) is 12.1 Å². The Labute approximate surface area is 113 Å². The van der Waals surface area contributed by atoms with Crippen LogP contribution >= 0.6 is 15.9 Å². The van der Waals surface area contributed by atoms with Gasteiger partial charge in [-0.3, -0.25) is 15.6 Å². The fourth-order valence-corrected chi connectivity index (χ4v) is 2.35. The minimum Gasteiger partial charge on any atom is -0.380 e. The first-order valence-electron chi connectivity index (χ1n) is 5.75. The maximum Gasteiger partial charge on any atom is 0.270 e. The highest BCUT2D eigenvalue weighted by atomic mass is 79.9. The summed E-state index contributed by atoms with van der Waals surface area (Å²) in [6.07, 6.45) is 2.56. The van der Waals surface area contributed by atoms with Crippen LogP contribution < -0.4 is 10.9 Å². The highest BCUT2D eigenvalue weighted by molar-refractivity contribution is 9.10. The van der Waals surface area contributed by atoms with Crippen LogP contribution in [-0.4, -0.2) is 16.6 Å². The van der Waals surface area contributed by atoms with Gasteiger partial charge in [0.25, 0.3) is 5.91 Å². The second-order valence-corrected chi connectivity index (χ2v) is 5.36. The first-order chi connectivity index (χ1) is 8.51. The quantitative estimate of drug-likeness (QED) is 0.750. The van der Waals surface area contributed by atoms with Crippen LogP contribution in [0.3, 0.4) is 0 Å². The van der Waals surface area contributed by atoms with Crippen LogP contribution in [-0.2, 0) is 4.79 Å². The lowest BCUT2D eigenvalue weighted by Crippen LogP contribution is -2.47. The minimum absolute atomic E-state index is 0.160. The molecule has 6 heteroatoms. The molecular formula is C12H14BrFN2O2. The Kier molecular flexibility index (Phi) is 3.87. The molecule has 0 aliphatic heterocycles. The fourth-order valence-electron chi connectivity index (χ4n) is 2.02. The van der Waals surface area contributed by atoms with E-state index in [0.29, 0.717) is 17.3 Å². The number of nitrogens with one attached hydrogen (secondary N) is 2. The summed E-state index contributed by atoms with van der Waals surface area (Å²) >= 11 is 3.14. The van der Waals surface area contributed by atoms with Gasteiger partial charge in [-0.05, 0) is 43.9 Å². The van der Waals surface area contributed by atoms with E-state index in [1.54, 1.807) is 6.07 Å². The van der Waals surface area contributed by atoms with Crippen molar-refractivity contribution < 1.29 is 14.3 Å². The average Bonchev–Trinajstić information content (AvgIpc) is 2.76. The number of hydrogen-bond acceptors (Lipinski definition) is 3. The SMILES string of the molecule is O=C(NNc1ccc(Br)cc1F)C1(O)CCCC1. The molecule has 4 nitrogen and oxygen atoms in total. The Balaban J connectivity index is 1.97. The standard InChI is InChI=1S/C12H14BrFN2O2/c13-8-3-4-10(9(14)7-8)15-16-11(17)12(18)5-1-2-6-12/h3-4,7,15,18H,1-2,5-6H2,(H,16,17). The van der Waals surface area contributed by atoms with Gasteiger partial charge in [-0.15, -0.1) is 0 Å². The molecule has 1 fully saturated rings. The predicted molar refractivity (Wildman–Crippen MR) is 69.3 cm³/mol. The third-order valence-electron chi connectivity index (χ3n) is 3.10. The predicted octanol–water partition coefficient (Wildman–Crippen LogP) is 2.34. The van der Waals surface area contributed by atoms with Gasteiger partial charge in [0.1, 0.15) is 11.4 Å². The van der Waals surface area contributed by atoms with Gasteiger partial charge in [-0.1, -0.05) is 15.9 Å². The van der Waals surface area contributed by atoms with E-state index in [2.05, 4.69) is 26.8 Å². The fraction of sp³-hybridized carbons (Fsp3) is 0.417. The number of carbonyl (C=O) groups excluding carboxylic acids is 1. The van der Waals surface area contributed by atoms with Gasteiger partial charge in [0.15, 0.2) is 0 Å². The van der Waals surface area contributed by atoms with E-state index in [-0.39, 0.29) is 5.69 Å². The van der Waals surface area contributed by atoms with E-state index < -0.39 is 17.3 Å². The van der Waals surface area contributed by atoms with E-state index in [1.807, 2.05) is 0 Å². The third-order valence-corrected chi connectivity index (χ3v) is 3.59. The second kappa shape index (κ2) is 5.24. The van der Waals surface area contributed by atoms with Crippen LogP contribution in [0, 0.1) is 5.82 Å². The minimum atomic E-state index is -1.32. The molecule has 18 heavy (non-hydrogen) atoms. The molecule has 1 amide bonds. The lowest BCUT2D eigenvalue weighted by atomic mass is 10.0. The lowest BCUT2D eigenvalue weighted by Gasteiger charge is -2.21. The summed E-state index contributed by atoms with van der Waals surface area (Å²) in [6, 6.07) is 4.44. The van der Waals surface area contributed by atoms with Gasteiger partial charge in [0.05, 0.1) is 5.69 Å². The van der Waals surface area contributed by atoms with Crippen molar-refractivity contribution in [3.05, 3.63) is 28.5 Å². The number of benzene rings is 1. The van der Waals surface area contributed by atoms with Crippen molar-refractivity contribution in [3.63, 3.8) is 0 Å². The molecule has 1 aromatic rings. The first-order valence-corrected chi connectivity index (χ1v) is 6.54. The highest BCUT2D eigenvalue weighted by Crippen LogP contribution is 2.29. The van der Waals surface area contributed by atoms with Crippen molar-refractivity contribution in [3.8, 4) is 0 Å². The third kappa shape index (κ3) is 2.81. The van der Waals surface area contributed by atoms with Crippen LogP contribution in [0.5, 0.6) is 0 Å². The molecule has 0 heterocycles. The molecule has 0 radical (unpaired) electrons. The molecule has 98 valence electrons. The van der Waals surface area contributed by atoms with Gasteiger partial charge in [-0.2, -0.15) is 0 Å². The van der Waals surface area contributed by atoms with Crippen LogP contribution in [0.4, 0.5) is 10.1 Å². The molecule has 0 bridgehead atoms. The van der Waals surface area contributed by atoms with Gasteiger partial charge < -0.3 is 5.11 Å². The maximum absolute atomic E-state index is 13.5. The molecule has 3 N–H and O–H groups in total. The van der Waals surface area contributed by atoms with Crippen molar-refractivity contribution in [1.82, 2.24) is 5.43 Å². The number of hydrogen-bond donors (Lipinski definition) is 3. The largest absolute Gasteiger partial charge is 0.380 e. The number of rotatable bonds is 3. The number of anilines is 1. The summed E-state index contributed by atoms with van der Waals surface area (Å²) < 4.78 is 14.1. The van der Waals surface area contributed by atoms with Gasteiger partial charge in [-0.25, -0.2) is 4.39 Å². The van der Waals surface area contributed by atoms with Crippen molar-refractivity contribution >= 4 is 27.5 Å². The van der Waals surface area contributed by atoms with Crippen molar-refractivity contribution in [1.29, 1.82) is 0 Å². The lowest BCUT2D eigenvalue weighted by molar-refractivity contribution is -0.138. The Morgan fingerprint density at radius 2 is 2.06 bits per heavy atom. The molecule has 2 rings (SSSR count). The summed E-state index contributed by atoms with van der Waals surface area (Å²) in [5.74, 6) is -0.995. The van der Waals surface area contributed by atoms with Crippen LogP contribution in [0.15, 0.2) is 22.7 Å². The molecule has 0 saturated heterocycles. The van der Waals surface area contributed by atoms with Crippen molar-refractivity contribution in [2.24, 2.45) is 0 Å². The summed E-state index contributed by atoms with van der Waals surface area (Å²) in [5, 5.41) is 10.00. The topological polar surface area (TPSA) is 61.4 Å². The second-order valence-electron chi connectivity index (χ2n) is 4.44. The van der Waals surface area contributed by atoms with Gasteiger partial charge in [0.2, 0.25) is 0 Å². The average molecular weight is 317 g/mol. The summed E-state index contributed by atoms with van der Waals surface area (Å²) in [4.78, 5) is 11.8. The number of amides is 1. The maximum atomic E-state index is 13.5. The smallest absolute Gasteiger partial charge is 0.270 e. The van der Waals surface area contributed by atoms with Crippen molar-refractivity contribution in [2.45, 2.75) is 31.3 Å². The Morgan fingerprint density at radius 1 is 1.39 bits per heavy atom. The Morgan fingerprint density at radius 3 is 2.67 bits per heavy atom. The molecule has 0 atom stereocenters. The summed E-state index contributed by atoms with van der Waals surface area (Å²) in [7, 11) is 0. The summed E-state index contributed by atoms with van der Waals surface area (Å²) in [5.41, 5.74) is 3.67. The van der Waals surface area contributed by atoms with E-state index in [4.69, 9.17) is 0 Å². The zero-order valence-electron chi connectivity index (χ0n) is 9.67. The number of aliphatic hydroxyl groups is 1. The molecule has 0 aromatic heterocycles. The van der Waals surface area contributed by atoms with Gasteiger partial charge >= 0.3 is 0 Å². The summed E-state index contributed by atoms with van der Waals surface area (Å²) in [6.45, 7) is 0. The van der Waals surface area contributed by atoms with E-state index in [0.717, 1.165) is 12.8 Å². The van der Waals surface area contributed by atoms with Crippen molar-refractivity contribution in [2.75, 3.05) is 5.43 Å². The zero-order chi connectivity index (χ0) is 13.2. The van der Waals surface area contributed by atoms with Gasteiger partial charge in [0, 0.05) is 4.47 Å². The monoisotopic (exact) mass is 316 g/mol. The van der Waals surface area contributed by atoms with Crippen LogP contribution in [0.2, 0.25) is 0 Å². The van der Waals surface area contributed by atoms with E-state index >= 15 is 0 Å². The first kappa shape index (κ1) is 13.3. The normalized spacial score (nSPS) is 17.5. The van der Waals surface area contributed by atoms with Crippen LogP contribution in [0.25, 0.3) is 0 Å².